The topological polar surface area (TPSA) is 55.8 Å². The fourth-order valence-electron chi connectivity index (χ4n) is 2.87. The minimum absolute atomic E-state index is 0.0507. The van der Waals surface area contributed by atoms with E-state index in [0.717, 1.165) is 5.57 Å². The number of esters is 2. The van der Waals surface area contributed by atoms with Crippen LogP contribution in [0.4, 0.5) is 0 Å². The number of halogens is 1. The number of carbonyl (C=O) groups is 2. The number of ether oxygens (including phenoxy) is 2. The van der Waals surface area contributed by atoms with E-state index in [1.165, 1.54) is 13.2 Å². The van der Waals surface area contributed by atoms with Crippen LogP contribution in [0.25, 0.3) is 0 Å². The van der Waals surface area contributed by atoms with Crippen LogP contribution < -0.4 is 0 Å². The van der Waals surface area contributed by atoms with Crippen LogP contribution in [0.5, 0.6) is 0 Å². The molecule has 1 aliphatic rings. The minimum atomic E-state index is -0.634. The van der Waals surface area contributed by atoms with Crippen molar-refractivity contribution in [3.05, 3.63) is 46.5 Å². The highest BCUT2D eigenvalue weighted by Gasteiger charge is 2.34. The fourth-order valence-corrected chi connectivity index (χ4v) is 3.38. The number of benzene rings is 1. The quantitative estimate of drug-likeness (QED) is 0.481. The van der Waals surface area contributed by atoms with Crippen LogP contribution in [0.2, 0.25) is 5.02 Å². The molecule has 0 aliphatic carbocycles. The molecule has 2 atom stereocenters. The molecular formula is C18H22ClNO4S. The van der Waals surface area contributed by atoms with E-state index in [0.29, 0.717) is 36.7 Å². The van der Waals surface area contributed by atoms with Crippen molar-refractivity contribution < 1.29 is 19.1 Å². The van der Waals surface area contributed by atoms with Crippen molar-refractivity contribution in [1.29, 1.82) is 0 Å². The van der Waals surface area contributed by atoms with E-state index in [9.17, 15) is 9.59 Å². The maximum absolute atomic E-state index is 12.4. The van der Waals surface area contributed by atoms with Gasteiger partial charge >= 0.3 is 11.9 Å². The summed E-state index contributed by atoms with van der Waals surface area (Å²) in [6, 6.07) is 6.56. The molecule has 1 fully saturated rings. The molecule has 7 heteroatoms. The number of hydrogen-bond donors (Lipinski definition) is 1. The molecule has 1 aromatic carbocycles. The van der Waals surface area contributed by atoms with Gasteiger partial charge in [0.15, 0.2) is 0 Å². The lowest BCUT2D eigenvalue weighted by Crippen LogP contribution is -2.42. The molecule has 1 aliphatic heterocycles. The average molecular weight is 384 g/mol. The van der Waals surface area contributed by atoms with Crippen LogP contribution in [-0.4, -0.2) is 48.9 Å². The second-order valence-electron chi connectivity index (χ2n) is 5.69. The van der Waals surface area contributed by atoms with Crippen LogP contribution in [0.1, 0.15) is 24.9 Å². The molecule has 1 heterocycles. The third kappa shape index (κ3) is 5.00. The van der Waals surface area contributed by atoms with Crippen LogP contribution >= 0.6 is 24.2 Å². The number of rotatable bonds is 5. The number of piperidine rings is 1. The molecule has 2 rings (SSSR count). The Hall–Kier alpha value is -1.50. The zero-order valence-electron chi connectivity index (χ0n) is 14.3. The lowest BCUT2D eigenvalue weighted by molar-refractivity contribution is -0.147. The van der Waals surface area contributed by atoms with Crippen molar-refractivity contribution in [3.63, 3.8) is 0 Å². The first-order valence-electron chi connectivity index (χ1n) is 8.09. The zero-order valence-corrected chi connectivity index (χ0v) is 15.9. The van der Waals surface area contributed by atoms with E-state index in [4.69, 9.17) is 21.1 Å². The summed E-state index contributed by atoms with van der Waals surface area (Å²) in [6.07, 6.45) is 2.17. The van der Waals surface area contributed by atoms with Crippen molar-refractivity contribution in [2.75, 3.05) is 26.8 Å². The van der Waals surface area contributed by atoms with Crippen LogP contribution in [0.15, 0.2) is 35.9 Å². The lowest BCUT2D eigenvalue weighted by Gasteiger charge is -2.36. The maximum atomic E-state index is 12.4. The highest BCUT2D eigenvalue weighted by atomic mass is 35.5. The Balaban J connectivity index is 2.30. The third-order valence-electron chi connectivity index (χ3n) is 4.08. The number of thiol groups is 1. The molecule has 0 N–H and O–H groups in total. The van der Waals surface area contributed by atoms with Gasteiger partial charge < -0.3 is 9.47 Å². The summed E-state index contributed by atoms with van der Waals surface area (Å²) in [6.45, 7) is 3.12. The molecular weight excluding hydrogens is 362 g/mol. The second kappa shape index (κ2) is 9.27. The van der Waals surface area contributed by atoms with Crippen molar-refractivity contribution in [2.24, 2.45) is 0 Å². The Labute approximate surface area is 158 Å². The first-order chi connectivity index (χ1) is 12.0. The molecule has 0 bridgehead atoms. The highest BCUT2D eigenvalue weighted by molar-refractivity contribution is 7.81. The van der Waals surface area contributed by atoms with Gasteiger partial charge in [-0.3, -0.25) is 4.90 Å². The predicted octanol–water partition coefficient (Wildman–Crippen LogP) is 3.05. The van der Waals surface area contributed by atoms with Gasteiger partial charge in [-0.05, 0) is 30.5 Å². The molecule has 1 saturated heterocycles. The average Bonchev–Trinajstić information content (AvgIpc) is 2.59. The summed E-state index contributed by atoms with van der Waals surface area (Å²) in [5.41, 5.74) is 1.50. The maximum Gasteiger partial charge on any atom is 0.330 e. The predicted molar refractivity (Wildman–Crippen MR) is 99.9 cm³/mol. The summed E-state index contributed by atoms with van der Waals surface area (Å²) in [5.74, 6) is -0.785. The van der Waals surface area contributed by atoms with Crippen LogP contribution in [-0.2, 0) is 19.1 Å². The van der Waals surface area contributed by atoms with E-state index < -0.39 is 12.0 Å². The molecule has 0 amide bonds. The molecule has 136 valence electrons. The summed E-state index contributed by atoms with van der Waals surface area (Å²) < 4.78 is 9.97. The number of likely N-dealkylation sites (tertiary alicyclic amines) is 1. The Morgan fingerprint density at radius 3 is 2.80 bits per heavy atom. The van der Waals surface area contributed by atoms with Crippen LogP contribution in [0.3, 0.4) is 0 Å². The van der Waals surface area contributed by atoms with Gasteiger partial charge in [-0.1, -0.05) is 29.8 Å². The van der Waals surface area contributed by atoms with Crippen molar-refractivity contribution in [3.8, 4) is 0 Å². The molecule has 1 aromatic rings. The number of carbonyl (C=O) groups excluding carboxylic acids is 2. The molecule has 0 spiro atoms. The minimum Gasteiger partial charge on any atom is -0.468 e. The summed E-state index contributed by atoms with van der Waals surface area (Å²) in [5, 5.41) is 0.451. The first-order valence-corrected chi connectivity index (χ1v) is 8.99. The van der Waals surface area contributed by atoms with Gasteiger partial charge in [-0.25, -0.2) is 9.59 Å². The summed E-state index contributed by atoms with van der Waals surface area (Å²) in [7, 11) is 1.35. The Kier molecular flexibility index (Phi) is 7.35. The Morgan fingerprint density at radius 2 is 2.16 bits per heavy atom. The lowest BCUT2D eigenvalue weighted by atomic mass is 9.98. The summed E-state index contributed by atoms with van der Waals surface area (Å²) in [4.78, 5) is 26.2. The normalized spacial score (nSPS) is 21.0. The molecule has 0 aromatic heterocycles. The third-order valence-corrected chi connectivity index (χ3v) is 5.02. The van der Waals surface area contributed by atoms with E-state index in [-0.39, 0.29) is 11.2 Å². The van der Waals surface area contributed by atoms with E-state index >= 15 is 0 Å². The van der Waals surface area contributed by atoms with Gasteiger partial charge in [0.1, 0.15) is 6.04 Å². The van der Waals surface area contributed by atoms with Gasteiger partial charge in [0.25, 0.3) is 0 Å². The molecule has 25 heavy (non-hydrogen) atoms. The molecule has 0 saturated carbocycles. The summed E-state index contributed by atoms with van der Waals surface area (Å²) >= 11 is 10.8. The first kappa shape index (κ1) is 19.8. The highest BCUT2D eigenvalue weighted by Crippen LogP contribution is 2.33. The van der Waals surface area contributed by atoms with Gasteiger partial charge in [-0.15, -0.1) is 0 Å². The Bertz CT molecular complexity index is 664. The van der Waals surface area contributed by atoms with Gasteiger partial charge in [0, 0.05) is 29.4 Å². The van der Waals surface area contributed by atoms with Crippen molar-refractivity contribution >= 4 is 36.2 Å². The molecule has 2 unspecified atom stereocenters. The standard InChI is InChI=1S/C18H22ClNO4S/c1-3-24-16(21)10-12-11-20(9-8-15(12)25)17(18(22)23-2)13-6-4-5-7-14(13)19/h4-7,10,15,17,25H,3,8-9,11H2,1-2H3/b12-10+. The number of methoxy groups -OCH3 is 1. The largest absolute Gasteiger partial charge is 0.468 e. The Morgan fingerprint density at radius 1 is 1.44 bits per heavy atom. The molecule has 5 nitrogen and oxygen atoms in total. The number of nitrogens with zero attached hydrogens (tertiary/aromatic N) is 1. The van der Waals surface area contributed by atoms with Crippen molar-refractivity contribution in [1.82, 2.24) is 4.90 Å². The smallest absolute Gasteiger partial charge is 0.330 e. The second-order valence-corrected chi connectivity index (χ2v) is 6.72. The van der Waals surface area contributed by atoms with Crippen molar-refractivity contribution in [2.45, 2.75) is 24.6 Å². The molecule has 0 radical (unpaired) electrons. The monoisotopic (exact) mass is 383 g/mol. The van der Waals surface area contributed by atoms with Gasteiger partial charge in [-0.2, -0.15) is 12.6 Å². The van der Waals surface area contributed by atoms with Crippen LogP contribution in [0, 0.1) is 0 Å². The van der Waals surface area contributed by atoms with E-state index in [1.807, 2.05) is 23.1 Å². The van der Waals surface area contributed by atoms with Gasteiger partial charge in [0.2, 0.25) is 0 Å². The van der Waals surface area contributed by atoms with E-state index in [1.54, 1.807) is 13.0 Å². The fraction of sp³-hybridized carbons (Fsp3) is 0.444. The van der Waals surface area contributed by atoms with Gasteiger partial charge in [0.05, 0.1) is 13.7 Å². The number of hydrogen-bond acceptors (Lipinski definition) is 6. The zero-order chi connectivity index (χ0) is 18.4. The van der Waals surface area contributed by atoms with E-state index in [2.05, 4.69) is 12.6 Å². The SMILES string of the molecule is CCOC(=O)/C=C1\CN(C(C(=O)OC)c2ccccc2Cl)CCC1S.